The summed E-state index contributed by atoms with van der Waals surface area (Å²) in [6.07, 6.45) is 0. The summed E-state index contributed by atoms with van der Waals surface area (Å²) in [7, 11) is 0. The lowest BCUT2D eigenvalue weighted by atomic mass is 9.99. The van der Waals surface area contributed by atoms with E-state index in [9.17, 15) is 0 Å². The maximum Gasteiger partial charge on any atom is 0.160 e. The molecule has 0 aliphatic carbocycles. The standard InChI is InChI=1S/C37H23N3S/c1-3-12-24(13-4-1)26-16-11-17-27(22-26)31-23-32(40-37(39-31)25-14-5-2-6-15-25)34-28-18-7-9-20-30(28)38-35-29-19-8-10-21-33(29)41-36(34)35/h1-23H. The van der Waals surface area contributed by atoms with Crippen LogP contribution < -0.4 is 0 Å². The highest BCUT2D eigenvalue weighted by molar-refractivity contribution is 7.26. The van der Waals surface area contributed by atoms with Crippen LogP contribution in [0.4, 0.5) is 0 Å². The molecule has 0 N–H and O–H groups in total. The van der Waals surface area contributed by atoms with Crippen molar-refractivity contribution in [2.75, 3.05) is 0 Å². The van der Waals surface area contributed by atoms with Gasteiger partial charge < -0.3 is 0 Å². The van der Waals surface area contributed by atoms with E-state index in [1.165, 1.54) is 15.6 Å². The lowest BCUT2D eigenvalue weighted by Crippen LogP contribution is -1.97. The highest BCUT2D eigenvalue weighted by Crippen LogP contribution is 2.43. The molecule has 8 rings (SSSR count). The molecule has 0 saturated carbocycles. The fourth-order valence-electron chi connectivity index (χ4n) is 5.52. The van der Waals surface area contributed by atoms with Crippen molar-refractivity contribution in [3.05, 3.63) is 140 Å². The Morgan fingerprint density at radius 2 is 1.07 bits per heavy atom. The Hall–Kier alpha value is -5.19. The van der Waals surface area contributed by atoms with Crippen LogP contribution in [0.1, 0.15) is 0 Å². The first kappa shape index (κ1) is 23.7. The van der Waals surface area contributed by atoms with E-state index in [0.717, 1.165) is 54.8 Å². The molecule has 0 spiro atoms. The first-order valence-electron chi connectivity index (χ1n) is 13.6. The quantitative estimate of drug-likeness (QED) is 0.222. The molecular weight excluding hydrogens is 518 g/mol. The Morgan fingerprint density at radius 3 is 1.90 bits per heavy atom. The third kappa shape index (κ3) is 4.17. The SMILES string of the molecule is c1ccc(-c2cccc(-c3cc(-c4c5ccccc5nc5c4sc4ccccc45)nc(-c4ccccc4)n3)c2)cc1. The minimum Gasteiger partial charge on any atom is -0.246 e. The molecule has 0 saturated heterocycles. The number of thiophene rings is 1. The van der Waals surface area contributed by atoms with Gasteiger partial charge in [-0.15, -0.1) is 11.3 Å². The third-order valence-corrected chi connectivity index (χ3v) is 8.66. The highest BCUT2D eigenvalue weighted by Gasteiger charge is 2.19. The molecule has 3 heterocycles. The number of para-hydroxylation sites is 1. The molecule has 41 heavy (non-hydrogen) atoms. The Kier molecular flexibility index (Phi) is 5.64. The number of pyridine rings is 1. The normalized spacial score (nSPS) is 11.4. The van der Waals surface area contributed by atoms with E-state index in [-0.39, 0.29) is 0 Å². The van der Waals surface area contributed by atoms with E-state index in [4.69, 9.17) is 15.0 Å². The second kappa shape index (κ2) is 9.77. The first-order valence-corrected chi connectivity index (χ1v) is 14.4. The summed E-state index contributed by atoms with van der Waals surface area (Å²) in [5.41, 5.74) is 9.25. The van der Waals surface area contributed by atoms with Gasteiger partial charge in [0, 0.05) is 32.2 Å². The molecule has 8 aromatic rings. The molecule has 192 valence electrons. The molecule has 3 nitrogen and oxygen atoms in total. The Balaban J connectivity index is 1.43. The van der Waals surface area contributed by atoms with Crippen molar-refractivity contribution >= 4 is 42.5 Å². The minimum atomic E-state index is 0.707. The molecule has 0 atom stereocenters. The van der Waals surface area contributed by atoms with E-state index in [0.29, 0.717) is 5.82 Å². The summed E-state index contributed by atoms with van der Waals surface area (Å²) >= 11 is 1.78. The second-order valence-electron chi connectivity index (χ2n) is 10.1. The van der Waals surface area contributed by atoms with Gasteiger partial charge >= 0.3 is 0 Å². The Morgan fingerprint density at radius 1 is 0.439 bits per heavy atom. The van der Waals surface area contributed by atoms with E-state index in [2.05, 4.69) is 115 Å². The van der Waals surface area contributed by atoms with E-state index in [1.54, 1.807) is 11.3 Å². The Bertz CT molecular complexity index is 2200. The Labute approximate surface area is 241 Å². The molecule has 5 aromatic carbocycles. The van der Waals surface area contributed by atoms with Crippen molar-refractivity contribution < 1.29 is 0 Å². The van der Waals surface area contributed by atoms with Crippen LogP contribution in [-0.2, 0) is 0 Å². The number of hydrogen-bond donors (Lipinski definition) is 0. The predicted molar refractivity (Wildman–Crippen MR) is 172 cm³/mol. The summed E-state index contributed by atoms with van der Waals surface area (Å²) in [6.45, 7) is 0. The van der Waals surface area contributed by atoms with Crippen LogP contribution in [-0.4, -0.2) is 15.0 Å². The fraction of sp³-hybridized carbons (Fsp3) is 0. The smallest absolute Gasteiger partial charge is 0.160 e. The lowest BCUT2D eigenvalue weighted by Gasteiger charge is -2.13. The van der Waals surface area contributed by atoms with Gasteiger partial charge in [0.1, 0.15) is 0 Å². The van der Waals surface area contributed by atoms with Crippen molar-refractivity contribution in [1.29, 1.82) is 0 Å². The van der Waals surface area contributed by atoms with Gasteiger partial charge in [0.25, 0.3) is 0 Å². The van der Waals surface area contributed by atoms with Crippen molar-refractivity contribution in [2.24, 2.45) is 0 Å². The van der Waals surface area contributed by atoms with Crippen molar-refractivity contribution in [3.63, 3.8) is 0 Å². The molecule has 0 aliphatic rings. The second-order valence-corrected chi connectivity index (χ2v) is 11.1. The van der Waals surface area contributed by atoms with E-state index in [1.807, 2.05) is 24.3 Å². The lowest BCUT2D eigenvalue weighted by molar-refractivity contribution is 1.19. The summed E-state index contributed by atoms with van der Waals surface area (Å²) in [4.78, 5) is 15.5. The molecule has 0 aliphatic heterocycles. The number of benzene rings is 5. The van der Waals surface area contributed by atoms with Gasteiger partial charge in [0.05, 0.1) is 27.1 Å². The number of fused-ring (bicyclic) bond motifs is 4. The number of hydrogen-bond acceptors (Lipinski definition) is 4. The number of nitrogens with zero attached hydrogens (tertiary/aromatic N) is 3. The zero-order valence-corrected chi connectivity index (χ0v) is 22.8. The van der Waals surface area contributed by atoms with Crippen LogP contribution in [0.2, 0.25) is 0 Å². The maximum absolute atomic E-state index is 5.22. The van der Waals surface area contributed by atoms with Gasteiger partial charge in [-0.1, -0.05) is 115 Å². The largest absolute Gasteiger partial charge is 0.246 e. The maximum atomic E-state index is 5.22. The van der Waals surface area contributed by atoms with E-state index < -0.39 is 0 Å². The van der Waals surface area contributed by atoms with Gasteiger partial charge in [-0.3, -0.25) is 0 Å². The van der Waals surface area contributed by atoms with Crippen LogP contribution in [0.25, 0.3) is 76.2 Å². The molecule has 0 unspecified atom stereocenters. The van der Waals surface area contributed by atoms with Gasteiger partial charge in [-0.05, 0) is 35.4 Å². The predicted octanol–water partition coefficient (Wildman–Crippen LogP) is 10.1. The molecule has 3 aromatic heterocycles. The molecule has 0 amide bonds. The highest BCUT2D eigenvalue weighted by atomic mass is 32.1. The topological polar surface area (TPSA) is 38.7 Å². The van der Waals surface area contributed by atoms with Crippen molar-refractivity contribution in [3.8, 4) is 45.0 Å². The van der Waals surface area contributed by atoms with E-state index >= 15 is 0 Å². The van der Waals surface area contributed by atoms with Crippen LogP contribution in [0.15, 0.2) is 140 Å². The summed E-state index contributed by atoms with van der Waals surface area (Å²) in [6, 6.07) is 48.3. The van der Waals surface area contributed by atoms with Gasteiger partial charge in [0.2, 0.25) is 0 Å². The zero-order valence-electron chi connectivity index (χ0n) is 22.0. The summed E-state index contributed by atoms with van der Waals surface area (Å²) in [5.74, 6) is 0.707. The van der Waals surface area contributed by atoms with Gasteiger partial charge in [-0.25, -0.2) is 15.0 Å². The molecule has 4 heteroatoms. The average molecular weight is 542 g/mol. The van der Waals surface area contributed by atoms with Crippen LogP contribution in [0.5, 0.6) is 0 Å². The van der Waals surface area contributed by atoms with Gasteiger partial charge in [-0.2, -0.15) is 0 Å². The monoisotopic (exact) mass is 541 g/mol. The van der Waals surface area contributed by atoms with Crippen molar-refractivity contribution in [2.45, 2.75) is 0 Å². The summed E-state index contributed by atoms with van der Waals surface area (Å²) in [5, 5.41) is 2.26. The van der Waals surface area contributed by atoms with Crippen LogP contribution >= 0.6 is 11.3 Å². The molecule has 0 radical (unpaired) electrons. The van der Waals surface area contributed by atoms with Gasteiger partial charge in [0.15, 0.2) is 5.82 Å². The summed E-state index contributed by atoms with van der Waals surface area (Å²) < 4.78 is 2.37. The molecular formula is C37H23N3S. The first-order chi connectivity index (χ1) is 20.3. The third-order valence-electron chi connectivity index (χ3n) is 7.48. The number of rotatable bonds is 4. The average Bonchev–Trinajstić information content (AvgIpc) is 3.42. The fourth-order valence-corrected chi connectivity index (χ4v) is 6.73. The van der Waals surface area contributed by atoms with Crippen molar-refractivity contribution in [1.82, 2.24) is 15.0 Å². The minimum absolute atomic E-state index is 0.707. The molecule has 0 bridgehead atoms. The van der Waals surface area contributed by atoms with Crippen LogP contribution in [0.3, 0.4) is 0 Å². The van der Waals surface area contributed by atoms with Crippen LogP contribution in [0, 0.1) is 0 Å². The molecule has 0 fully saturated rings. The zero-order chi connectivity index (χ0) is 27.2. The number of aromatic nitrogens is 3.